The van der Waals surface area contributed by atoms with Gasteiger partial charge in [0.25, 0.3) is 5.69 Å². The molecule has 2 heterocycles. The molecule has 7 heteroatoms. The number of rotatable bonds is 3. The number of carboxylic acid groups (broad SMARTS) is 1. The lowest BCUT2D eigenvalue weighted by molar-refractivity contribution is -0.385. The van der Waals surface area contributed by atoms with Crippen LogP contribution < -0.4 is 4.90 Å². The number of anilines is 1. The molecule has 0 aliphatic carbocycles. The molecule has 2 atom stereocenters. The molecule has 2 rings (SSSR count). The molecule has 1 aromatic heterocycles. The fourth-order valence-corrected chi connectivity index (χ4v) is 2.62. The number of hydrogen-bond donors (Lipinski definition) is 1. The van der Waals surface area contributed by atoms with E-state index in [0.717, 1.165) is 0 Å². The van der Waals surface area contributed by atoms with Crippen LogP contribution in [0, 0.1) is 23.0 Å². The van der Waals surface area contributed by atoms with Gasteiger partial charge in [0.05, 0.1) is 10.8 Å². The third-order valence-corrected chi connectivity index (χ3v) is 3.79. The van der Waals surface area contributed by atoms with Gasteiger partial charge in [0, 0.05) is 18.2 Å². The topological polar surface area (TPSA) is 96.6 Å². The number of carboxylic acids is 1. The highest BCUT2D eigenvalue weighted by Gasteiger charge is 2.30. The molecule has 7 nitrogen and oxygen atoms in total. The van der Waals surface area contributed by atoms with Crippen molar-refractivity contribution in [3.05, 3.63) is 27.9 Å². The van der Waals surface area contributed by atoms with Crippen LogP contribution in [-0.4, -0.2) is 33.6 Å². The van der Waals surface area contributed by atoms with E-state index in [9.17, 15) is 14.9 Å². The number of nitro groups is 1. The maximum Gasteiger partial charge on any atom is 0.306 e. The maximum absolute atomic E-state index is 11.0. The smallest absolute Gasteiger partial charge is 0.306 e. The lowest BCUT2D eigenvalue weighted by Gasteiger charge is -2.37. The Morgan fingerprint density at radius 3 is 2.80 bits per heavy atom. The van der Waals surface area contributed by atoms with Gasteiger partial charge in [-0.05, 0) is 32.8 Å². The van der Waals surface area contributed by atoms with Crippen LogP contribution in [-0.2, 0) is 4.79 Å². The summed E-state index contributed by atoms with van der Waals surface area (Å²) in [6.45, 7) is 4.23. The van der Waals surface area contributed by atoms with Crippen LogP contribution in [0.4, 0.5) is 11.5 Å². The standard InChI is InChI=1S/C13H17N3O4/c1-8-5-12(14-7-11(8)16(19)20)15-4-3-10(13(17)18)6-9(15)2/h5,7,9-10H,3-4,6H2,1-2H3,(H,17,18). The number of aliphatic carboxylic acids is 1. The van der Waals surface area contributed by atoms with Crippen LogP contribution in [0.25, 0.3) is 0 Å². The van der Waals surface area contributed by atoms with Crippen molar-refractivity contribution in [3.8, 4) is 0 Å². The molecule has 20 heavy (non-hydrogen) atoms. The summed E-state index contributed by atoms with van der Waals surface area (Å²) in [5.74, 6) is -0.408. The average molecular weight is 279 g/mol. The number of aromatic nitrogens is 1. The maximum atomic E-state index is 11.0. The number of piperidine rings is 1. The largest absolute Gasteiger partial charge is 0.481 e. The first-order chi connectivity index (χ1) is 9.40. The predicted molar refractivity (Wildman–Crippen MR) is 72.8 cm³/mol. The monoisotopic (exact) mass is 279 g/mol. The lowest BCUT2D eigenvalue weighted by atomic mass is 9.91. The second-order valence-electron chi connectivity index (χ2n) is 5.19. The van der Waals surface area contributed by atoms with E-state index in [1.807, 2.05) is 11.8 Å². The minimum absolute atomic E-state index is 0.00169. The zero-order chi connectivity index (χ0) is 14.9. The van der Waals surface area contributed by atoms with E-state index in [2.05, 4.69) is 4.98 Å². The molecular weight excluding hydrogens is 262 g/mol. The predicted octanol–water partition coefficient (Wildman–Crippen LogP) is 1.99. The van der Waals surface area contributed by atoms with Gasteiger partial charge in [-0.2, -0.15) is 0 Å². The molecule has 1 aliphatic rings. The minimum Gasteiger partial charge on any atom is -0.481 e. The Labute approximate surface area is 116 Å². The van der Waals surface area contributed by atoms with Crippen LogP contribution in [0.5, 0.6) is 0 Å². The highest BCUT2D eigenvalue weighted by molar-refractivity contribution is 5.70. The Morgan fingerprint density at radius 2 is 2.30 bits per heavy atom. The van der Waals surface area contributed by atoms with Gasteiger partial charge in [-0.25, -0.2) is 4.98 Å². The molecule has 1 aliphatic heterocycles. The third kappa shape index (κ3) is 2.71. The van der Waals surface area contributed by atoms with Crippen LogP contribution in [0.1, 0.15) is 25.3 Å². The van der Waals surface area contributed by atoms with Gasteiger partial charge in [0.15, 0.2) is 0 Å². The van der Waals surface area contributed by atoms with Crippen molar-refractivity contribution in [2.24, 2.45) is 5.92 Å². The van der Waals surface area contributed by atoms with Crippen molar-refractivity contribution < 1.29 is 14.8 Å². The summed E-state index contributed by atoms with van der Waals surface area (Å²) in [4.78, 5) is 27.5. The quantitative estimate of drug-likeness (QED) is 0.671. The first kappa shape index (κ1) is 14.2. The molecule has 1 saturated heterocycles. The number of pyridine rings is 1. The van der Waals surface area contributed by atoms with Gasteiger partial charge in [-0.1, -0.05) is 0 Å². The second kappa shape index (κ2) is 5.44. The molecule has 0 radical (unpaired) electrons. The van der Waals surface area contributed by atoms with Crippen molar-refractivity contribution in [2.45, 2.75) is 32.7 Å². The van der Waals surface area contributed by atoms with Gasteiger partial charge in [0.2, 0.25) is 0 Å². The highest BCUT2D eigenvalue weighted by atomic mass is 16.6. The summed E-state index contributed by atoms with van der Waals surface area (Å²) in [6.07, 6.45) is 2.39. The van der Waals surface area contributed by atoms with Gasteiger partial charge in [-0.15, -0.1) is 0 Å². The zero-order valence-corrected chi connectivity index (χ0v) is 11.4. The minimum atomic E-state index is -0.760. The Hall–Kier alpha value is -2.18. The van der Waals surface area contributed by atoms with Crippen LogP contribution in [0.2, 0.25) is 0 Å². The molecule has 0 aromatic carbocycles. The van der Waals surface area contributed by atoms with Gasteiger partial charge in [-0.3, -0.25) is 14.9 Å². The summed E-state index contributed by atoms with van der Waals surface area (Å²) in [5, 5.41) is 19.8. The number of aryl methyl sites for hydroxylation is 1. The van der Waals surface area contributed by atoms with Crippen molar-refractivity contribution in [2.75, 3.05) is 11.4 Å². The van der Waals surface area contributed by atoms with Gasteiger partial charge in [0.1, 0.15) is 12.0 Å². The Bertz CT molecular complexity index is 546. The zero-order valence-electron chi connectivity index (χ0n) is 11.4. The summed E-state index contributed by atoms with van der Waals surface area (Å²) in [7, 11) is 0. The molecule has 108 valence electrons. The average Bonchev–Trinajstić information content (AvgIpc) is 2.37. The first-order valence-electron chi connectivity index (χ1n) is 6.50. The van der Waals surface area contributed by atoms with Gasteiger partial charge >= 0.3 is 5.97 Å². The molecule has 0 spiro atoms. The van der Waals surface area contributed by atoms with Crippen molar-refractivity contribution in [1.82, 2.24) is 4.98 Å². The Kier molecular flexibility index (Phi) is 3.87. The summed E-state index contributed by atoms with van der Waals surface area (Å²) < 4.78 is 0. The summed E-state index contributed by atoms with van der Waals surface area (Å²) in [6, 6.07) is 1.74. The van der Waals surface area contributed by atoms with E-state index in [-0.39, 0.29) is 17.6 Å². The number of carbonyl (C=O) groups is 1. The molecule has 1 N–H and O–H groups in total. The summed E-state index contributed by atoms with van der Waals surface area (Å²) in [5.41, 5.74) is 0.564. The van der Waals surface area contributed by atoms with Crippen LogP contribution >= 0.6 is 0 Å². The molecular formula is C13H17N3O4. The van der Waals surface area contributed by atoms with Crippen molar-refractivity contribution in [1.29, 1.82) is 0 Å². The van der Waals surface area contributed by atoms with E-state index in [1.54, 1.807) is 13.0 Å². The van der Waals surface area contributed by atoms with E-state index in [0.29, 0.717) is 30.8 Å². The van der Waals surface area contributed by atoms with Gasteiger partial charge < -0.3 is 10.0 Å². The molecule has 0 saturated carbocycles. The molecule has 1 fully saturated rings. The normalized spacial score (nSPS) is 22.6. The molecule has 1 aromatic rings. The third-order valence-electron chi connectivity index (χ3n) is 3.79. The molecule has 0 bridgehead atoms. The van der Waals surface area contributed by atoms with Crippen LogP contribution in [0.15, 0.2) is 12.3 Å². The molecule has 0 amide bonds. The Morgan fingerprint density at radius 1 is 1.60 bits per heavy atom. The fourth-order valence-electron chi connectivity index (χ4n) is 2.62. The Balaban J connectivity index is 2.19. The molecule has 2 unspecified atom stereocenters. The highest BCUT2D eigenvalue weighted by Crippen LogP contribution is 2.29. The van der Waals surface area contributed by atoms with E-state index in [4.69, 9.17) is 5.11 Å². The first-order valence-corrected chi connectivity index (χ1v) is 6.50. The number of nitrogens with zero attached hydrogens (tertiary/aromatic N) is 3. The van der Waals surface area contributed by atoms with E-state index >= 15 is 0 Å². The SMILES string of the molecule is Cc1cc(N2CCC(C(=O)O)CC2C)ncc1[N+](=O)[O-]. The lowest BCUT2D eigenvalue weighted by Crippen LogP contribution is -2.43. The van der Waals surface area contributed by atoms with Crippen molar-refractivity contribution in [3.63, 3.8) is 0 Å². The summed E-state index contributed by atoms with van der Waals surface area (Å²) >= 11 is 0. The second-order valence-corrected chi connectivity index (χ2v) is 5.19. The van der Waals surface area contributed by atoms with Crippen LogP contribution in [0.3, 0.4) is 0 Å². The number of hydrogen-bond acceptors (Lipinski definition) is 5. The van der Waals surface area contributed by atoms with E-state index < -0.39 is 10.9 Å². The fraction of sp³-hybridized carbons (Fsp3) is 0.538. The van der Waals surface area contributed by atoms with E-state index in [1.165, 1.54) is 6.20 Å². The van der Waals surface area contributed by atoms with Crippen molar-refractivity contribution >= 4 is 17.5 Å².